The van der Waals surface area contributed by atoms with E-state index < -0.39 is 0 Å². The van der Waals surface area contributed by atoms with Gasteiger partial charge in [-0.1, -0.05) is 0 Å². The standard InChI is InChI=1S/C17H26O5/c18-15-6-5-14-16(21-15)12(7-11-19-14)13-4-3-9-17(22-13)8-1-2-10-20-17/h12-14,16H,1-11H2. The van der Waals surface area contributed by atoms with Crippen molar-refractivity contribution >= 4 is 5.97 Å². The molecule has 0 bridgehead atoms. The first-order chi connectivity index (χ1) is 10.8. The molecule has 4 rings (SSSR count). The van der Waals surface area contributed by atoms with E-state index in [0.717, 1.165) is 58.2 Å². The van der Waals surface area contributed by atoms with Gasteiger partial charge in [-0.05, 0) is 38.5 Å². The molecule has 4 saturated heterocycles. The summed E-state index contributed by atoms with van der Waals surface area (Å²) in [5.74, 6) is -0.199. The maximum absolute atomic E-state index is 11.7. The predicted molar refractivity (Wildman–Crippen MR) is 78.2 cm³/mol. The topological polar surface area (TPSA) is 54.0 Å². The molecule has 0 amide bonds. The zero-order valence-electron chi connectivity index (χ0n) is 13.1. The summed E-state index contributed by atoms with van der Waals surface area (Å²) >= 11 is 0. The summed E-state index contributed by atoms with van der Waals surface area (Å²) in [4.78, 5) is 11.7. The number of carbonyl (C=O) groups excluding carboxylic acids is 1. The summed E-state index contributed by atoms with van der Waals surface area (Å²) < 4.78 is 24.0. The molecule has 5 heteroatoms. The Kier molecular flexibility index (Phi) is 4.13. The highest BCUT2D eigenvalue weighted by atomic mass is 16.7. The summed E-state index contributed by atoms with van der Waals surface area (Å²) in [6.07, 6.45) is 8.73. The van der Waals surface area contributed by atoms with Gasteiger partial charge in [0, 0.05) is 31.8 Å². The Balaban J connectivity index is 1.48. The van der Waals surface area contributed by atoms with Gasteiger partial charge < -0.3 is 18.9 Å². The third-order valence-electron chi connectivity index (χ3n) is 5.68. The van der Waals surface area contributed by atoms with Crippen molar-refractivity contribution in [1.82, 2.24) is 0 Å². The van der Waals surface area contributed by atoms with Crippen LogP contribution in [-0.4, -0.2) is 43.3 Å². The van der Waals surface area contributed by atoms with E-state index in [2.05, 4.69) is 0 Å². The maximum atomic E-state index is 11.7. The first-order valence-electron chi connectivity index (χ1n) is 8.89. The molecule has 22 heavy (non-hydrogen) atoms. The number of ether oxygens (including phenoxy) is 4. The summed E-state index contributed by atoms with van der Waals surface area (Å²) in [6.45, 7) is 1.55. The molecular formula is C17H26O5. The van der Waals surface area contributed by atoms with Gasteiger partial charge in [0.2, 0.25) is 0 Å². The fourth-order valence-corrected chi connectivity index (χ4v) is 4.55. The van der Waals surface area contributed by atoms with E-state index in [1.807, 2.05) is 0 Å². The molecule has 0 aromatic heterocycles. The van der Waals surface area contributed by atoms with Crippen LogP contribution in [0.25, 0.3) is 0 Å². The minimum Gasteiger partial charge on any atom is -0.459 e. The molecule has 0 saturated carbocycles. The molecule has 4 aliphatic rings. The Labute approximate surface area is 131 Å². The van der Waals surface area contributed by atoms with Crippen molar-refractivity contribution in [3.8, 4) is 0 Å². The summed E-state index contributed by atoms with van der Waals surface area (Å²) in [7, 11) is 0. The Morgan fingerprint density at radius 2 is 1.86 bits per heavy atom. The van der Waals surface area contributed by atoms with Gasteiger partial charge in [0.1, 0.15) is 6.10 Å². The predicted octanol–water partition coefficient (Wildman–Crippen LogP) is 2.56. The molecule has 0 N–H and O–H groups in total. The maximum Gasteiger partial charge on any atom is 0.306 e. The van der Waals surface area contributed by atoms with E-state index in [-0.39, 0.29) is 36.0 Å². The molecule has 0 aromatic carbocycles. The molecule has 124 valence electrons. The molecule has 1 spiro atoms. The highest BCUT2D eigenvalue weighted by Crippen LogP contribution is 2.42. The van der Waals surface area contributed by atoms with Gasteiger partial charge in [0.25, 0.3) is 0 Å². The van der Waals surface area contributed by atoms with Crippen molar-refractivity contribution in [1.29, 1.82) is 0 Å². The molecule has 0 aromatic rings. The fourth-order valence-electron chi connectivity index (χ4n) is 4.55. The Bertz CT molecular complexity index is 412. The lowest BCUT2D eigenvalue weighted by molar-refractivity contribution is -0.312. The van der Waals surface area contributed by atoms with Crippen molar-refractivity contribution in [3.05, 3.63) is 0 Å². The number of esters is 1. The molecule has 0 aliphatic carbocycles. The normalized spacial score (nSPS) is 46.1. The quantitative estimate of drug-likeness (QED) is 0.697. The number of hydrogen-bond donors (Lipinski definition) is 0. The van der Waals surface area contributed by atoms with Crippen molar-refractivity contribution in [2.45, 2.75) is 81.9 Å². The minimum atomic E-state index is -0.367. The second-order valence-electron chi connectivity index (χ2n) is 7.12. The van der Waals surface area contributed by atoms with Crippen molar-refractivity contribution < 1.29 is 23.7 Å². The van der Waals surface area contributed by atoms with Gasteiger partial charge in [0.15, 0.2) is 5.79 Å². The third-order valence-corrected chi connectivity index (χ3v) is 5.68. The average Bonchev–Trinajstić information content (AvgIpc) is 2.55. The van der Waals surface area contributed by atoms with Crippen LogP contribution in [0.3, 0.4) is 0 Å². The molecule has 4 fully saturated rings. The Hall–Kier alpha value is -0.650. The molecule has 5 atom stereocenters. The average molecular weight is 310 g/mol. The third kappa shape index (κ3) is 2.79. The fraction of sp³-hybridized carbons (Fsp3) is 0.941. The van der Waals surface area contributed by atoms with Crippen LogP contribution in [0.2, 0.25) is 0 Å². The lowest BCUT2D eigenvalue weighted by atomic mass is 9.80. The summed E-state index contributed by atoms with van der Waals surface area (Å²) in [5, 5.41) is 0. The van der Waals surface area contributed by atoms with Gasteiger partial charge >= 0.3 is 5.97 Å². The summed E-state index contributed by atoms with van der Waals surface area (Å²) in [6, 6.07) is 0. The second kappa shape index (κ2) is 6.10. The van der Waals surface area contributed by atoms with E-state index in [4.69, 9.17) is 18.9 Å². The van der Waals surface area contributed by atoms with Crippen molar-refractivity contribution in [2.24, 2.45) is 5.92 Å². The SMILES string of the molecule is O=C1CCC2OCCC(C3CCCC4(CCCCO4)O3)C2O1. The van der Waals surface area contributed by atoms with Crippen LogP contribution in [0.15, 0.2) is 0 Å². The lowest BCUT2D eigenvalue weighted by Crippen LogP contribution is -2.55. The number of carbonyl (C=O) groups is 1. The van der Waals surface area contributed by atoms with Gasteiger partial charge in [-0.3, -0.25) is 4.79 Å². The van der Waals surface area contributed by atoms with Crippen LogP contribution in [0.4, 0.5) is 0 Å². The molecule has 0 radical (unpaired) electrons. The van der Waals surface area contributed by atoms with Crippen molar-refractivity contribution in [3.63, 3.8) is 0 Å². The summed E-state index contributed by atoms with van der Waals surface area (Å²) in [5.41, 5.74) is 0. The zero-order valence-corrected chi connectivity index (χ0v) is 13.1. The van der Waals surface area contributed by atoms with Gasteiger partial charge in [0.05, 0.1) is 18.8 Å². The van der Waals surface area contributed by atoms with Crippen LogP contribution < -0.4 is 0 Å². The second-order valence-corrected chi connectivity index (χ2v) is 7.12. The molecular weight excluding hydrogens is 284 g/mol. The number of fused-ring (bicyclic) bond motifs is 1. The van der Waals surface area contributed by atoms with E-state index >= 15 is 0 Å². The van der Waals surface area contributed by atoms with Crippen LogP contribution in [0.1, 0.15) is 57.8 Å². The van der Waals surface area contributed by atoms with Crippen molar-refractivity contribution in [2.75, 3.05) is 13.2 Å². The number of rotatable bonds is 1. The van der Waals surface area contributed by atoms with Crippen LogP contribution in [0.5, 0.6) is 0 Å². The highest BCUT2D eigenvalue weighted by Gasteiger charge is 2.48. The van der Waals surface area contributed by atoms with E-state index in [1.165, 1.54) is 6.42 Å². The first kappa shape index (κ1) is 14.9. The van der Waals surface area contributed by atoms with E-state index in [9.17, 15) is 4.79 Å². The molecule has 5 unspecified atom stereocenters. The smallest absolute Gasteiger partial charge is 0.306 e. The highest BCUT2D eigenvalue weighted by molar-refractivity contribution is 5.70. The van der Waals surface area contributed by atoms with Crippen LogP contribution in [0, 0.1) is 5.92 Å². The molecule has 4 aliphatic heterocycles. The molecule has 5 nitrogen and oxygen atoms in total. The zero-order chi connectivity index (χ0) is 15.0. The monoisotopic (exact) mass is 310 g/mol. The van der Waals surface area contributed by atoms with Crippen LogP contribution >= 0.6 is 0 Å². The Morgan fingerprint density at radius 1 is 0.955 bits per heavy atom. The Morgan fingerprint density at radius 3 is 2.73 bits per heavy atom. The molecule has 4 heterocycles. The van der Waals surface area contributed by atoms with Gasteiger partial charge in [-0.15, -0.1) is 0 Å². The first-order valence-corrected chi connectivity index (χ1v) is 8.89. The van der Waals surface area contributed by atoms with E-state index in [1.54, 1.807) is 0 Å². The van der Waals surface area contributed by atoms with Gasteiger partial charge in [-0.2, -0.15) is 0 Å². The minimum absolute atomic E-state index is 0.0604. The largest absolute Gasteiger partial charge is 0.459 e. The number of hydrogen-bond acceptors (Lipinski definition) is 5. The van der Waals surface area contributed by atoms with E-state index in [0.29, 0.717) is 6.42 Å². The van der Waals surface area contributed by atoms with Gasteiger partial charge in [-0.25, -0.2) is 0 Å². The lowest BCUT2D eigenvalue weighted by Gasteiger charge is -2.49. The van der Waals surface area contributed by atoms with Crippen LogP contribution in [-0.2, 0) is 23.7 Å².